The van der Waals surface area contributed by atoms with Gasteiger partial charge in [0, 0.05) is 19.6 Å². The molecule has 0 aliphatic heterocycles. The lowest BCUT2D eigenvalue weighted by Crippen LogP contribution is -2.54. The van der Waals surface area contributed by atoms with Gasteiger partial charge in [-0.3, -0.25) is 4.79 Å². The van der Waals surface area contributed by atoms with Crippen LogP contribution in [0, 0.1) is 5.92 Å². The smallest absolute Gasteiger partial charge is 0.242 e. The Morgan fingerprint density at radius 1 is 1.24 bits per heavy atom. The normalized spacial score (nSPS) is 12.3. The molecule has 0 spiro atoms. The molecule has 1 amide bonds. The molecule has 17 heavy (non-hydrogen) atoms. The molecule has 0 radical (unpaired) electrons. The Bertz CT molecular complexity index is 237. The molecule has 0 heterocycles. The first-order chi connectivity index (χ1) is 7.70. The number of carbonyl (C=O) groups excluding carboxylic acids is 1. The van der Waals surface area contributed by atoms with Crippen molar-refractivity contribution in [2.45, 2.75) is 33.2 Å². The van der Waals surface area contributed by atoms with Gasteiger partial charge in [0.25, 0.3) is 0 Å². The maximum absolute atomic E-state index is 12.4. The minimum atomic E-state index is -0.485. The van der Waals surface area contributed by atoms with Gasteiger partial charge < -0.3 is 15.1 Å². The SMILES string of the molecule is CNC(C)(C)C(=O)N(CCN(C)C)CC(C)C. The zero-order valence-corrected chi connectivity index (χ0v) is 12.5. The first-order valence-electron chi connectivity index (χ1n) is 6.33. The lowest BCUT2D eigenvalue weighted by Gasteiger charge is -2.33. The zero-order valence-electron chi connectivity index (χ0n) is 12.5. The topological polar surface area (TPSA) is 35.6 Å². The van der Waals surface area contributed by atoms with Crippen LogP contribution in [0.2, 0.25) is 0 Å². The van der Waals surface area contributed by atoms with Crippen molar-refractivity contribution in [1.29, 1.82) is 0 Å². The third kappa shape index (κ3) is 6.03. The molecule has 0 atom stereocenters. The number of nitrogens with zero attached hydrogens (tertiary/aromatic N) is 2. The molecule has 4 nitrogen and oxygen atoms in total. The highest BCUT2D eigenvalue weighted by Crippen LogP contribution is 2.09. The second kappa shape index (κ2) is 6.97. The van der Waals surface area contributed by atoms with Gasteiger partial charge in [-0.25, -0.2) is 0 Å². The minimum absolute atomic E-state index is 0.176. The Morgan fingerprint density at radius 3 is 2.12 bits per heavy atom. The van der Waals surface area contributed by atoms with E-state index in [-0.39, 0.29) is 5.91 Å². The molecule has 0 bridgehead atoms. The van der Waals surface area contributed by atoms with Crippen molar-refractivity contribution < 1.29 is 4.79 Å². The Morgan fingerprint density at radius 2 is 1.76 bits per heavy atom. The Kier molecular flexibility index (Phi) is 6.72. The average Bonchev–Trinajstić information content (AvgIpc) is 2.22. The lowest BCUT2D eigenvalue weighted by molar-refractivity contribution is -0.137. The van der Waals surface area contributed by atoms with Crippen molar-refractivity contribution >= 4 is 5.91 Å². The second-order valence-electron chi connectivity index (χ2n) is 5.82. The summed E-state index contributed by atoms with van der Waals surface area (Å²) in [5.41, 5.74) is -0.485. The molecule has 0 aromatic rings. The number of likely N-dealkylation sites (N-methyl/N-ethyl adjacent to an activating group) is 2. The van der Waals surface area contributed by atoms with Crippen LogP contribution in [0.25, 0.3) is 0 Å². The standard InChI is InChI=1S/C13H29N3O/c1-11(2)10-16(9-8-15(6)7)12(17)13(3,4)14-5/h11,14H,8-10H2,1-7H3. The van der Waals surface area contributed by atoms with Crippen LogP contribution in [0.15, 0.2) is 0 Å². The van der Waals surface area contributed by atoms with Crippen molar-refractivity contribution in [2.24, 2.45) is 5.92 Å². The molecule has 0 rings (SSSR count). The van der Waals surface area contributed by atoms with Crippen LogP contribution in [-0.2, 0) is 4.79 Å². The van der Waals surface area contributed by atoms with E-state index < -0.39 is 5.54 Å². The highest BCUT2D eigenvalue weighted by Gasteiger charge is 2.30. The van der Waals surface area contributed by atoms with E-state index in [1.165, 1.54) is 0 Å². The predicted octanol–water partition coefficient (Wildman–Crippen LogP) is 1.03. The third-order valence-electron chi connectivity index (χ3n) is 2.85. The van der Waals surface area contributed by atoms with Gasteiger partial charge in [-0.05, 0) is 40.9 Å². The fraction of sp³-hybridized carbons (Fsp3) is 0.923. The van der Waals surface area contributed by atoms with Crippen LogP contribution in [0.3, 0.4) is 0 Å². The van der Waals surface area contributed by atoms with Crippen LogP contribution in [0.1, 0.15) is 27.7 Å². The van der Waals surface area contributed by atoms with E-state index in [1.807, 2.05) is 39.9 Å². The predicted molar refractivity (Wildman–Crippen MR) is 73.1 cm³/mol. The van der Waals surface area contributed by atoms with Crippen LogP contribution >= 0.6 is 0 Å². The summed E-state index contributed by atoms with van der Waals surface area (Å²) in [6, 6.07) is 0. The fourth-order valence-electron chi connectivity index (χ4n) is 1.54. The monoisotopic (exact) mass is 243 g/mol. The summed E-state index contributed by atoms with van der Waals surface area (Å²) in [6.45, 7) is 10.6. The molecule has 0 aliphatic rings. The number of nitrogens with one attached hydrogen (secondary N) is 1. The summed E-state index contributed by atoms with van der Waals surface area (Å²) in [5, 5.41) is 3.08. The largest absolute Gasteiger partial charge is 0.340 e. The number of carbonyl (C=O) groups is 1. The number of hydrogen-bond acceptors (Lipinski definition) is 3. The molecule has 1 N–H and O–H groups in total. The van der Waals surface area contributed by atoms with E-state index in [4.69, 9.17) is 0 Å². The molecule has 0 aromatic carbocycles. The van der Waals surface area contributed by atoms with Crippen molar-refractivity contribution in [3.05, 3.63) is 0 Å². The molecular weight excluding hydrogens is 214 g/mol. The summed E-state index contributed by atoms with van der Waals surface area (Å²) in [4.78, 5) is 16.5. The highest BCUT2D eigenvalue weighted by molar-refractivity contribution is 5.85. The van der Waals surface area contributed by atoms with E-state index in [2.05, 4.69) is 24.1 Å². The average molecular weight is 243 g/mol. The maximum Gasteiger partial charge on any atom is 0.242 e. The molecule has 0 aliphatic carbocycles. The second-order valence-corrected chi connectivity index (χ2v) is 5.82. The highest BCUT2D eigenvalue weighted by atomic mass is 16.2. The van der Waals surface area contributed by atoms with Gasteiger partial charge in [0.05, 0.1) is 5.54 Å². The van der Waals surface area contributed by atoms with E-state index in [9.17, 15) is 4.79 Å². The maximum atomic E-state index is 12.4. The van der Waals surface area contributed by atoms with Crippen LogP contribution in [0.4, 0.5) is 0 Å². The third-order valence-corrected chi connectivity index (χ3v) is 2.85. The first kappa shape index (κ1) is 16.4. The fourth-order valence-corrected chi connectivity index (χ4v) is 1.54. The van der Waals surface area contributed by atoms with Gasteiger partial charge >= 0.3 is 0 Å². The van der Waals surface area contributed by atoms with Gasteiger partial charge in [0.15, 0.2) is 0 Å². The molecule has 0 unspecified atom stereocenters. The summed E-state index contributed by atoms with van der Waals surface area (Å²) < 4.78 is 0. The van der Waals surface area contributed by atoms with Crippen molar-refractivity contribution in [2.75, 3.05) is 40.8 Å². The van der Waals surface area contributed by atoms with Crippen molar-refractivity contribution in [3.8, 4) is 0 Å². The molecular formula is C13H29N3O. The number of hydrogen-bond donors (Lipinski definition) is 1. The van der Waals surface area contributed by atoms with E-state index in [0.717, 1.165) is 19.6 Å². The van der Waals surface area contributed by atoms with Crippen LogP contribution in [-0.4, -0.2) is 62.0 Å². The molecule has 0 aromatic heterocycles. The molecule has 102 valence electrons. The van der Waals surface area contributed by atoms with Gasteiger partial charge in [0.2, 0.25) is 5.91 Å². The Balaban J connectivity index is 4.61. The van der Waals surface area contributed by atoms with Crippen LogP contribution in [0.5, 0.6) is 0 Å². The summed E-state index contributed by atoms with van der Waals surface area (Å²) in [7, 11) is 5.89. The Hall–Kier alpha value is -0.610. The molecule has 0 saturated carbocycles. The lowest BCUT2D eigenvalue weighted by atomic mass is 10.0. The van der Waals surface area contributed by atoms with Gasteiger partial charge in [-0.2, -0.15) is 0 Å². The summed E-state index contributed by atoms with van der Waals surface area (Å²) in [5.74, 6) is 0.671. The van der Waals surface area contributed by atoms with Gasteiger partial charge in [-0.15, -0.1) is 0 Å². The first-order valence-corrected chi connectivity index (χ1v) is 6.33. The van der Waals surface area contributed by atoms with Gasteiger partial charge in [0.1, 0.15) is 0 Å². The van der Waals surface area contributed by atoms with Gasteiger partial charge in [-0.1, -0.05) is 13.8 Å². The van der Waals surface area contributed by atoms with E-state index in [0.29, 0.717) is 5.92 Å². The number of amides is 1. The quantitative estimate of drug-likeness (QED) is 0.725. The number of rotatable bonds is 7. The van der Waals surface area contributed by atoms with E-state index >= 15 is 0 Å². The van der Waals surface area contributed by atoms with Crippen LogP contribution < -0.4 is 5.32 Å². The minimum Gasteiger partial charge on any atom is -0.340 e. The van der Waals surface area contributed by atoms with Crippen molar-refractivity contribution in [1.82, 2.24) is 15.1 Å². The van der Waals surface area contributed by atoms with Crippen molar-refractivity contribution in [3.63, 3.8) is 0 Å². The summed E-state index contributed by atoms with van der Waals surface area (Å²) in [6.07, 6.45) is 0. The Labute approximate surface area is 106 Å². The molecule has 0 fully saturated rings. The molecule has 4 heteroatoms. The molecule has 0 saturated heterocycles. The summed E-state index contributed by atoms with van der Waals surface area (Å²) >= 11 is 0. The van der Waals surface area contributed by atoms with E-state index in [1.54, 1.807) is 0 Å². The zero-order chi connectivity index (χ0) is 13.6.